The molecule has 5 rings (SSSR count). The van der Waals surface area contributed by atoms with Crippen LogP contribution in [-0.4, -0.2) is 77.3 Å². The summed E-state index contributed by atoms with van der Waals surface area (Å²) in [6.07, 6.45) is 0.395. The summed E-state index contributed by atoms with van der Waals surface area (Å²) in [7, 11) is -4.09. The van der Waals surface area contributed by atoms with Crippen molar-refractivity contribution in [2.45, 2.75) is 42.2 Å². The monoisotopic (exact) mass is 613 g/mol. The summed E-state index contributed by atoms with van der Waals surface area (Å²) >= 11 is 0. The molecule has 9 nitrogen and oxygen atoms in total. The molecule has 0 aliphatic carbocycles. The lowest BCUT2D eigenvalue weighted by atomic mass is 10.1. The minimum atomic E-state index is -4.19. The molecule has 0 bridgehead atoms. The second kappa shape index (κ2) is 13.1. The third-order valence-corrected chi connectivity index (χ3v) is 9.92. The molecule has 1 heterocycles. The van der Waals surface area contributed by atoms with Crippen molar-refractivity contribution in [3.8, 4) is 0 Å². The molecule has 0 spiro atoms. The van der Waals surface area contributed by atoms with E-state index in [1.807, 2.05) is 55.4 Å². The Morgan fingerprint density at radius 1 is 0.857 bits per heavy atom. The lowest BCUT2D eigenvalue weighted by molar-refractivity contribution is 0.111. The minimum Gasteiger partial charge on any atom is -0.390 e. The normalized spacial score (nSPS) is 18.5. The molecular formula is C31H39N3O6S2. The number of rotatable bonds is 8. The van der Waals surface area contributed by atoms with Crippen LogP contribution in [0.5, 0.6) is 0 Å². The summed E-state index contributed by atoms with van der Waals surface area (Å²) in [4.78, 5) is 4.32. The SMILES string of the molecule is CC1CC(C)N(CC(O)CNS(=O)(=O)c2cccc3ccccc23)C1.CN(C)c1cccc2c(S(=O)(=O)O)cccc12. The van der Waals surface area contributed by atoms with Crippen molar-refractivity contribution >= 4 is 47.4 Å². The predicted octanol–water partition coefficient (Wildman–Crippen LogP) is 4.36. The first kappa shape index (κ1) is 31.9. The van der Waals surface area contributed by atoms with Crippen LogP contribution in [0.2, 0.25) is 0 Å². The Balaban J connectivity index is 0.000000208. The van der Waals surface area contributed by atoms with E-state index in [2.05, 4.69) is 23.5 Å². The maximum atomic E-state index is 12.7. The number of hydrogen-bond donors (Lipinski definition) is 3. The largest absolute Gasteiger partial charge is 0.390 e. The van der Waals surface area contributed by atoms with E-state index in [1.54, 1.807) is 36.4 Å². The van der Waals surface area contributed by atoms with E-state index >= 15 is 0 Å². The molecule has 0 saturated carbocycles. The number of benzene rings is 4. The van der Waals surface area contributed by atoms with E-state index in [1.165, 1.54) is 6.07 Å². The van der Waals surface area contributed by atoms with Crippen molar-refractivity contribution < 1.29 is 26.5 Å². The maximum absolute atomic E-state index is 12.7. The van der Waals surface area contributed by atoms with Crippen molar-refractivity contribution in [1.29, 1.82) is 0 Å². The molecular weight excluding hydrogens is 574 g/mol. The highest BCUT2D eigenvalue weighted by atomic mass is 32.2. The summed E-state index contributed by atoms with van der Waals surface area (Å²) < 4.78 is 59.6. The molecule has 1 aliphatic heterocycles. The lowest BCUT2D eigenvalue weighted by Crippen LogP contribution is -2.41. The number of aliphatic hydroxyl groups is 1. The molecule has 3 N–H and O–H groups in total. The zero-order valence-electron chi connectivity index (χ0n) is 24.3. The zero-order chi connectivity index (χ0) is 30.7. The second-order valence-electron chi connectivity index (χ2n) is 11.1. The lowest BCUT2D eigenvalue weighted by Gasteiger charge is -2.24. The molecule has 1 saturated heterocycles. The number of β-amino-alcohol motifs (C(OH)–C–C–N with tert-alkyl or cyclic N) is 1. The maximum Gasteiger partial charge on any atom is 0.295 e. The summed E-state index contributed by atoms with van der Waals surface area (Å²) in [5, 5.41) is 13.2. The fraction of sp³-hybridized carbons (Fsp3) is 0.355. The predicted molar refractivity (Wildman–Crippen MR) is 168 cm³/mol. The van der Waals surface area contributed by atoms with Crippen molar-refractivity contribution in [1.82, 2.24) is 9.62 Å². The minimum absolute atomic E-state index is 0.0170. The Morgan fingerprint density at radius 2 is 1.45 bits per heavy atom. The summed E-state index contributed by atoms with van der Waals surface area (Å²) in [5.74, 6) is 0.620. The molecule has 42 heavy (non-hydrogen) atoms. The van der Waals surface area contributed by atoms with Crippen LogP contribution in [0.4, 0.5) is 5.69 Å². The van der Waals surface area contributed by atoms with Gasteiger partial charge in [-0.1, -0.05) is 67.6 Å². The van der Waals surface area contributed by atoms with Gasteiger partial charge in [0.2, 0.25) is 10.0 Å². The van der Waals surface area contributed by atoms with Gasteiger partial charge in [-0.2, -0.15) is 8.42 Å². The number of nitrogens with zero attached hydrogens (tertiary/aromatic N) is 2. The van der Waals surface area contributed by atoms with Gasteiger partial charge in [-0.15, -0.1) is 0 Å². The van der Waals surface area contributed by atoms with E-state index in [-0.39, 0.29) is 16.3 Å². The Hall–Kier alpha value is -3.06. The number of aliphatic hydroxyl groups excluding tert-OH is 1. The molecule has 4 aromatic rings. The molecule has 0 aromatic heterocycles. The highest BCUT2D eigenvalue weighted by molar-refractivity contribution is 7.89. The van der Waals surface area contributed by atoms with Crippen LogP contribution >= 0.6 is 0 Å². The Morgan fingerprint density at radius 3 is 2.12 bits per heavy atom. The standard InChI is InChI=1S/C19H26N2O3S.C12H13NO3S/c1-14-10-15(2)21(12-14)13-17(22)11-20-25(23,24)19-9-5-7-16-6-3-4-8-18(16)19;1-13(2)11-7-3-6-10-9(11)5-4-8-12(10)17(14,15)16/h3-9,14-15,17,20,22H,10-13H2,1-2H3;3-8H,1-2H3,(H,14,15,16). The fourth-order valence-corrected chi connectivity index (χ4v) is 7.58. The average Bonchev–Trinajstić information content (AvgIpc) is 3.26. The van der Waals surface area contributed by atoms with Gasteiger partial charge in [-0.25, -0.2) is 13.1 Å². The molecule has 3 atom stereocenters. The zero-order valence-corrected chi connectivity index (χ0v) is 25.9. The number of likely N-dealkylation sites (tertiary alicyclic amines) is 1. The summed E-state index contributed by atoms with van der Waals surface area (Å²) in [5.41, 5.74) is 0.910. The fourth-order valence-electron chi connectivity index (χ4n) is 5.57. The van der Waals surface area contributed by atoms with Crippen LogP contribution in [-0.2, 0) is 20.1 Å². The molecule has 3 unspecified atom stereocenters. The first-order chi connectivity index (χ1) is 19.8. The van der Waals surface area contributed by atoms with Crippen molar-refractivity contribution in [2.24, 2.45) is 5.92 Å². The Kier molecular flexibility index (Phi) is 9.92. The third-order valence-electron chi connectivity index (χ3n) is 7.53. The van der Waals surface area contributed by atoms with E-state index in [0.717, 1.165) is 29.4 Å². The molecule has 1 aliphatic rings. The molecule has 1 fully saturated rings. The molecule has 226 valence electrons. The van der Waals surface area contributed by atoms with Gasteiger partial charge in [-0.05, 0) is 42.8 Å². The van der Waals surface area contributed by atoms with Gasteiger partial charge in [0.15, 0.2) is 0 Å². The highest BCUT2D eigenvalue weighted by Gasteiger charge is 2.28. The topological polar surface area (TPSA) is 127 Å². The highest BCUT2D eigenvalue weighted by Crippen LogP contribution is 2.30. The molecule has 11 heteroatoms. The number of fused-ring (bicyclic) bond motifs is 2. The van der Waals surface area contributed by atoms with Gasteiger partial charge in [0.25, 0.3) is 10.1 Å². The van der Waals surface area contributed by atoms with Crippen LogP contribution < -0.4 is 9.62 Å². The van der Waals surface area contributed by atoms with Crippen molar-refractivity contribution in [3.63, 3.8) is 0 Å². The van der Waals surface area contributed by atoms with Crippen LogP contribution in [0.25, 0.3) is 21.5 Å². The number of nitrogens with one attached hydrogen (secondary N) is 1. The van der Waals surface area contributed by atoms with Crippen LogP contribution in [0.1, 0.15) is 20.3 Å². The average molecular weight is 614 g/mol. The number of hydrogen-bond acceptors (Lipinski definition) is 7. The summed E-state index contributed by atoms with van der Waals surface area (Å²) in [6.45, 7) is 5.81. The molecule has 0 amide bonds. The van der Waals surface area contributed by atoms with Gasteiger partial charge in [0, 0.05) is 61.6 Å². The first-order valence-electron chi connectivity index (χ1n) is 13.8. The molecule has 0 radical (unpaired) electrons. The van der Waals surface area contributed by atoms with Crippen LogP contribution in [0, 0.1) is 5.92 Å². The van der Waals surface area contributed by atoms with E-state index in [4.69, 9.17) is 0 Å². The van der Waals surface area contributed by atoms with E-state index in [9.17, 15) is 26.5 Å². The van der Waals surface area contributed by atoms with E-state index in [0.29, 0.717) is 29.3 Å². The van der Waals surface area contributed by atoms with Crippen LogP contribution in [0.15, 0.2) is 88.7 Å². The van der Waals surface area contributed by atoms with Gasteiger partial charge in [0.1, 0.15) is 4.90 Å². The van der Waals surface area contributed by atoms with Gasteiger partial charge in [0.05, 0.1) is 11.0 Å². The Labute approximate surface area is 248 Å². The van der Waals surface area contributed by atoms with Gasteiger partial charge >= 0.3 is 0 Å². The third kappa shape index (κ3) is 7.47. The van der Waals surface area contributed by atoms with Gasteiger partial charge < -0.3 is 10.0 Å². The summed E-state index contributed by atoms with van der Waals surface area (Å²) in [6, 6.07) is 23.3. The van der Waals surface area contributed by atoms with E-state index < -0.39 is 26.2 Å². The van der Waals surface area contributed by atoms with Crippen LogP contribution in [0.3, 0.4) is 0 Å². The van der Waals surface area contributed by atoms with Gasteiger partial charge in [-0.3, -0.25) is 9.45 Å². The quantitative estimate of drug-likeness (QED) is 0.250. The smallest absolute Gasteiger partial charge is 0.295 e. The van der Waals surface area contributed by atoms with Crippen molar-refractivity contribution in [3.05, 3.63) is 78.9 Å². The number of anilines is 1. The molecule has 4 aromatic carbocycles. The van der Waals surface area contributed by atoms with Crippen molar-refractivity contribution in [2.75, 3.05) is 38.6 Å². The first-order valence-corrected chi connectivity index (χ1v) is 16.8. The second-order valence-corrected chi connectivity index (χ2v) is 14.3. The Bertz CT molecular complexity index is 1750. The number of sulfonamides is 1.